The molecule has 1 amide bonds. The zero-order chi connectivity index (χ0) is 16.8. The van der Waals surface area contributed by atoms with Crippen LogP contribution in [0, 0.1) is 11.8 Å². The number of hydrogen-bond acceptors (Lipinski definition) is 2. The Labute approximate surface area is 152 Å². The fraction of sp³-hybridized carbons (Fsp3) is 0.824. The van der Waals surface area contributed by atoms with Crippen molar-refractivity contribution >= 4 is 38.0 Å². The Morgan fingerprint density at radius 2 is 1.73 bits per heavy atom. The molecule has 0 radical (unpaired) electrons. The first kappa shape index (κ1) is 20.0. The second-order valence-corrected chi connectivity index (χ2v) is 10.1. The van der Waals surface area contributed by atoms with Crippen LogP contribution in [0.3, 0.4) is 0 Å². The average Bonchev–Trinajstić information content (AvgIpc) is 2.41. The molecule has 0 bridgehead atoms. The first-order valence-electron chi connectivity index (χ1n) is 8.12. The lowest BCUT2D eigenvalue weighted by atomic mass is 9.79. The number of ether oxygens (including phenoxy) is 1. The summed E-state index contributed by atoms with van der Waals surface area (Å²) >= 11 is 6.83. The van der Waals surface area contributed by atoms with Gasteiger partial charge in [-0.15, -0.1) is 0 Å². The molecule has 0 unspecified atom stereocenters. The molecule has 0 heterocycles. The van der Waals surface area contributed by atoms with Crippen LogP contribution >= 0.6 is 31.9 Å². The largest absolute Gasteiger partial charge is 0.444 e. The maximum atomic E-state index is 11.9. The molecule has 22 heavy (non-hydrogen) atoms. The van der Waals surface area contributed by atoms with E-state index in [2.05, 4.69) is 37.9 Å². The van der Waals surface area contributed by atoms with Gasteiger partial charge in [0.25, 0.3) is 0 Å². The number of carbonyl (C=O) groups excluding carboxylic acids is 1. The molecule has 1 aliphatic rings. The van der Waals surface area contributed by atoms with E-state index in [1.54, 1.807) is 4.90 Å². The van der Waals surface area contributed by atoms with E-state index in [9.17, 15) is 4.79 Å². The van der Waals surface area contributed by atoms with Crippen LogP contribution < -0.4 is 0 Å². The van der Waals surface area contributed by atoms with Gasteiger partial charge in [-0.3, -0.25) is 0 Å². The predicted octanol–water partition coefficient (Wildman–Crippen LogP) is 6.07. The summed E-state index contributed by atoms with van der Waals surface area (Å²) < 4.78 is 6.44. The van der Waals surface area contributed by atoms with Gasteiger partial charge >= 0.3 is 6.09 Å². The van der Waals surface area contributed by atoms with Crippen molar-refractivity contribution in [1.82, 2.24) is 4.90 Å². The van der Waals surface area contributed by atoms with E-state index in [0.29, 0.717) is 0 Å². The number of carbonyl (C=O) groups is 1. The Bertz CT molecular complexity index is 379. The number of rotatable bonds is 5. The molecule has 0 saturated heterocycles. The normalized spacial score (nSPS) is 22.1. The third kappa shape index (κ3) is 8.56. The standard InChI is InChI=1S/C17H29Br2NO2/c1-17(2,3)22-16(21)20(4)12-11-14-7-5-13(6-8-14)9-10-15(18)19/h10,13-14H,5-9,11-12H2,1-4H3. The molecule has 5 heteroatoms. The molecule has 0 aromatic rings. The van der Waals surface area contributed by atoms with E-state index in [0.717, 1.165) is 34.6 Å². The van der Waals surface area contributed by atoms with Crippen LogP contribution in [0.1, 0.15) is 59.3 Å². The van der Waals surface area contributed by atoms with Gasteiger partial charge in [0.15, 0.2) is 0 Å². The summed E-state index contributed by atoms with van der Waals surface area (Å²) in [6.07, 6.45) is 9.38. The summed E-state index contributed by atoms with van der Waals surface area (Å²) in [4.78, 5) is 13.6. The van der Waals surface area contributed by atoms with Crippen LogP contribution in [0.4, 0.5) is 4.79 Å². The third-order valence-corrected chi connectivity index (χ3v) is 4.80. The molecular weight excluding hydrogens is 410 g/mol. The number of amides is 1. The highest BCUT2D eigenvalue weighted by molar-refractivity contribution is 9.28. The topological polar surface area (TPSA) is 29.5 Å². The summed E-state index contributed by atoms with van der Waals surface area (Å²) in [6.45, 7) is 6.50. The second kappa shape index (κ2) is 9.31. The molecule has 1 aliphatic carbocycles. The van der Waals surface area contributed by atoms with Gasteiger partial charge in [0, 0.05) is 13.6 Å². The number of halogens is 2. The van der Waals surface area contributed by atoms with Crippen LogP contribution in [0.5, 0.6) is 0 Å². The average molecular weight is 439 g/mol. The van der Waals surface area contributed by atoms with Crippen LogP contribution in [0.15, 0.2) is 9.47 Å². The van der Waals surface area contributed by atoms with Crippen molar-refractivity contribution in [3.05, 3.63) is 9.47 Å². The molecule has 3 nitrogen and oxygen atoms in total. The number of hydrogen-bond donors (Lipinski definition) is 0. The quantitative estimate of drug-likeness (QED) is 0.521. The molecule has 0 N–H and O–H groups in total. The Morgan fingerprint density at radius 1 is 1.18 bits per heavy atom. The molecule has 0 spiro atoms. The van der Waals surface area contributed by atoms with Crippen molar-refractivity contribution in [3.63, 3.8) is 0 Å². The zero-order valence-corrected chi connectivity index (χ0v) is 17.4. The monoisotopic (exact) mass is 437 g/mol. The molecule has 0 aromatic carbocycles. The van der Waals surface area contributed by atoms with Crippen molar-refractivity contribution < 1.29 is 9.53 Å². The lowest BCUT2D eigenvalue weighted by Crippen LogP contribution is -2.35. The van der Waals surface area contributed by atoms with Gasteiger partial charge in [-0.1, -0.05) is 18.9 Å². The Morgan fingerprint density at radius 3 is 2.23 bits per heavy atom. The first-order chi connectivity index (χ1) is 10.2. The molecular formula is C17H29Br2NO2. The van der Waals surface area contributed by atoms with Gasteiger partial charge in [0.1, 0.15) is 5.60 Å². The summed E-state index contributed by atoms with van der Waals surface area (Å²) in [5, 5.41) is 0. The van der Waals surface area contributed by atoms with E-state index in [4.69, 9.17) is 4.74 Å². The van der Waals surface area contributed by atoms with Gasteiger partial charge < -0.3 is 9.64 Å². The molecule has 0 aliphatic heterocycles. The Balaban J connectivity index is 2.24. The van der Waals surface area contributed by atoms with Crippen LogP contribution in [0.2, 0.25) is 0 Å². The first-order valence-corrected chi connectivity index (χ1v) is 9.71. The molecule has 0 aromatic heterocycles. The van der Waals surface area contributed by atoms with E-state index < -0.39 is 5.60 Å². The fourth-order valence-electron chi connectivity index (χ4n) is 2.82. The van der Waals surface area contributed by atoms with Gasteiger partial charge in [-0.05, 0) is 90.2 Å². The maximum Gasteiger partial charge on any atom is 0.410 e. The van der Waals surface area contributed by atoms with Gasteiger partial charge in [0.05, 0.1) is 3.39 Å². The van der Waals surface area contributed by atoms with Crippen LogP contribution in [-0.4, -0.2) is 30.2 Å². The van der Waals surface area contributed by atoms with E-state index in [-0.39, 0.29) is 6.09 Å². The smallest absolute Gasteiger partial charge is 0.410 e. The van der Waals surface area contributed by atoms with Crippen molar-refractivity contribution in [2.75, 3.05) is 13.6 Å². The Hall–Kier alpha value is -0.0300. The minimum Gasteiger partial charge on any atom is -0.444 e. The highest BCUT2D eigenvalue weighted by Gasteiger charge is 2.23. The summed E-state index contributed by atoms with van der Waals surface area (Å²) in [6, 6.07) is 0. The maximum absolute atomic E-state index is 11.9. The lowest BCUT2D eigenvalue weighted by molar-refractivity contribution is 0.0286. The van der Waals surface area contributed by atoms with Gasteiger partial charge in [0.2, 0.25) is 0 Å². The molecule has 0 atom stereocenters. The summed E-state index contributed by atoms with van der Waals surface area (Å²) in [5.41, 5.74) is -0.416. The zero-order valence-electron chi connectivity index (χ0n) is 14.2. The lowest BCUT2D eigenvalue weighted by Gasteiger charge is -2.30. The minimum absolute atomic E-state index is 0.214. The fourth-order valence-corrected chi connectivity index (χ4v) is 3.19. The molecule has 1 rings (SSSR count). The van der Waals surface area contributed by atoms with E-state index in [1.807, 2.05) is 27.8 Å². The number of nitrogens with zero attached hydrogens (tertiary/aromatic N) is 1. The summed E-state index contributed by atoms with van der Waals surface area (Å²) in [7, 11) is 1.83. The Kier molecular flexibility index (Phi) is 8.47. The molecule has 1 fully saturated rings. The van der Waals surface area contributed by atoms with Gasteiger partial charge in [-0.2, -0.15) is 0 Å². The SMILES string of the molecule is CN(CCC1CCC(CC=C(Br)Br)CC1)C(=O)OC(C)(C)C. The van der Waals surface area contributed by atoms with Crippen molar-refractivity contribution in [3.8, 4) is 0 Å². The predicted molar refractivity (Wildman–Crippen MR) is 99.5 cm³/mol. The van der Waals surface area contributed by atoms with Crippen molar-refractivity contribution in [2.45, 2.75) is 64.9 Å². The van der Waals surface area contributed by atoms with Crippen LogP contribution in [0.25, 0.3) is 0 Å². The molecule has 128 valence electrons. The second-order valence-electron chi connectivity index (χ2n) is 7.31. The van der Waals surface area contributed by atoms with Crippen molar-refractivity contribution in [1.29, 1.82) is 0 Å². The van der Waals surface area contributed by atoms with Crippen LogP contribution in [-0.2, 0) is 4.74 Å². The third-order valence-electron chi connectivity index (χ3n) is 4.15. The number of allylic oxidation sites excluding steroid dienone is 1. The van der Waals surface area contributed by atoms with Crippen molar-refractivity contribution in [2.24, 2.45) is 11.8 Å². The van der Waals surface area contributed by atoms with E-state index >= 15 is 0 Å². The van der Waals surface area contributed by atoms with Gasteiger partial charge in [-0.25, -0.2) is 4.79 Å². The van der Waals surface area contributed by atoms with E-state index in [1.165, 1.54) is 25.7 Å². The molecule has 1 saturated carbocycles. The summed E-state index contributed by atoms with van der Waals surface area (Å²) in [5.74, 6) is 1.56. The minimum atomic E-state index is -0.416. The highest BCUT2D eigenvalue weighted by Crippen LogP contribution is 2.33. The highest BCUT2D eigenvalue weighted by atomic mass is 79.9.